The molecule has 29 valence electrons. The van der Waals surface area contributed by atoms with E-state index in [1.165, 1.54) is 6.66 Å². The summed E-state index contributed by atoms with van der Waals surface area (Å²) in [5.41, 5.74) is 0. The summed E-state index contributed by atoms with van der Waals surface area (Å²) in [7, 11) is -2.13. The second kappa shape index (κ2) is 5.38. The molecule has 5 heavy (non-hydrogen) atoms. The van der Waals surface area contributed by atoms with Crippen LogP contribution in [0.5, 0.6) is 0 Å². The maximum Gasteiger partial charge on any atom is 0.186 e. The van der Waals surface area contributed by atoms with Crippen molar-refractivity contribution in [2.24, 2.45) is 0 Å². The Labute approximate surface area is 59.4 Å². The number of rotatable bonds is 0. The van der Waals surface area contributed by atoms with Crippen molar-refractivity contribution in [1.29, 1.82) is 0 Å². The first-order chi connectivity index (χ1) is 1.73. The van der Waals surface area contributed by atoms with E-state index in [0.717, 1.165) is 0 Å². The van der Waals surface area contributed by atoms with Gasteiger partial charge in [0.05, 0.1) is 0 Å². The monoisotopic (exact) mass is 219 g/mol. The average molecular weight is 219 g/mol. The summed E-state index contributed by atoms with van der Waals surface area (Å²) in [4.78, 5) is 7.60. The molecule has 0 aliphatic rings. The van der Waals surface area contributed by atoms with Gasteiger partial charge in [-0.25, -0.2) is 0 Å². The molecule has 2 nitrogen and oxygen atoms in total. The normalized spacial score (nSPS) is 12.4. The summed E-state index contributed by atoms with van der Waals surface area (Å²) < 4.78 is 9.19. The summed E-state index contributed by atoms with van der Waals surface area (Å²) in [5.74, 6) is 0. The molecule has 0 amide bonds. The topological polar surface area (TPSA) is 37.3 Å². The van der Waals surface area contributed by atoms with E-state index in [-0.39, 0.29) is 35.6 Å². The Hall–Kier alpha value is 1.38. The molecule has 0 aromatic carbocycles. The van der Waals surface area contributed by atoms with E-state index in [0.29, 0.717) is 0 Å². The minimum Gasteiger partial charge on any atom is -0.346 e. The third kappa shape index (κ3) is 32.2. The quantitative estimate of drug-likeness (QED) is 0.586. The van der Waals surface area contributed by atoms with Crippen LogP contribution in [0.15, 0.2) is 0 Å². The fraction of sp³-hybridized carbons (Fsp3) is 1.00. The Balaban J connectivity index is 0. The molecule has 1 radical (unpaired) electrons. The first-order valence-corrected chi connectivity index (χ1v) is 2.78. The summed E-state index contributed by atoms with van der Waals surface area (Å²) in [5, 5.41) is 0. The van der Waals surface area contributed by atoms with E-state index in [9.17, 15) is 4.57 Å². The van der Waals surface area contributed by atoms with E-state index in [1.807, 2.05) is 0 Å². The van der Waals surface area contributed by atoms with Gasteiger partial charge in [0.15, 0.2) is 8.03 Å². The van der Waals surface area contributed by atoms with Crippen molar-refractivity contribution in [2.75, 3.05) is 6.66 Å². The summed E-state index contributed by atoms with van der Waals surface area (Å²) >= 11 is 0. The first-order valence-electron chi connectivity index (χ1n) is 0.928. The van der Waals surface area contributed by atoms with E-state index < -0.39 is 8.03 Å². The van der Waals surface area contributed by atoms with E-state index >= 15 is 0 Å². The fourth-order valence-electron chi connectivity index (χ4n) is 0. The van der Waals surface area contributed by atoms with Crippen LogP contribution in [-0.4, -0.2) is 11.6 Å². The van der Waals surface area contributed by atoms with Crippen LogP contribution in [-0.2, 0) is 4.57 Å². The van der Waals surface area contributed by atoms with Gasteiger partial charge in [0.25, 0.3) is 0 Å². The molecule has 1 atom stereocenters. The Morgan fingerprint density at radius 1 is 1.80 bits per heavy atom. The van der Waals surface area contributed by atoms with Crippen molar-refractivity contribution < 1.29 is 45.1 Å². The van der Waals surface area contributed by atoms with Crippen molar-refractivity contribution in [3.63, 3.8) is 0 Å². The van der Waals surface area contributed by atoms with Gasteiger partial charge >= 0.3 is 0 Å². The summed E-state index contributed by atoms with van der Waals surface area (Å²) in [6.07, 6.45) is 0. The van der Waals surface area contributed by atoms with Gasteiger partial charge in [-0.05, 0) is 0 Å². The summed E-state index contributed by atoms with van der Waals surface area (Å²) in [6, 6.07) is 0. The molecule has 0 saturated carbocycles. The minimum atomic E-state index is -2.13. The van der Waals surface area contributed by atoms with Crippen molar-refractivity contribution in [2.45, 2.75) is 0 Å². The van der Waals surface area contributed by atoms with Crippen molar-refractivity contribution in [3.8, 4) is 0 Å². The van der Waals surface area contributed by atoms with Crippen LogP contribution in [0.3, 0.4) is 0 Å². The van der Waals surface area contributed by atoms with Crippen LogP contribution >= 0.6 is 8.03 Å². The second-order valence-electron chi connectivity index (χ2n) is 0.519. The molecule has 0 saturated heterocycles. The van der Waals surface area contributed by atoms with Crippen LogP contribution in [0.1, 0.15) is 0 Å². The molecule has 0 rings (SSSR count). The molecule has 0 fully saturated rings. The van der Waals surface area contributed by atoms with Crippen LogP contribution in [0, 0.1) is 35.6 Å². The van der Waals surface area contributed by atoms with Gasteiger partial charge in [-0.3, -0.25) is 4.57 Å². The van der Waals surface area contributed by atoms with Gasteiger partial charge in [0.2, 0.25) is 0 Å². The molecule has 0 heterocycles. The van der Waals surface area contributed by atoms with Crippen molar-refractivity contribution in [1.82, 2.24) is 0 Å². The third-order valence-electron chi connectivity index (χ3n) is 0. The Bertz CT molecular complexity index is 32.6. The van der Waals surface area contributed by atoms with Gasteiger partial charge in [0, 0.05) is 42.3 Å². The molecular formula is CH5LaO2P. The minimum absolute atomic E-state index is 0. The van der Waals surface area contributed by atoms with Crippen molar-refractivity contribution in [3.05, 3.63) is 0 Å². The second-order valence-corrected chi connectivity index (χ2v) is 1.56. The van der Waals surface area contributed by atoms with E-state index in [2.05, 4.69) is 0 Å². The van der Waals surface area contributed by atoms with Crippen LogP contribution in [0.4, 0.5) is 0 Å². The maximum absolute atomic E-state index is 9.19. The maximum atomic E-state index is 9.19. The largest absolute Gasteiger partial charge is 0.346 e. The number of hydrogen-bond donors (Lipinski definition) is 1. The third-order valence-corrected chi connectivity index (χ3v) is 0. The van der Waals surface area contributed by atoms with E-state index in [1.54, 1.807) is 0 Å². The number of hydrogen-bond acceptors (Lipinski definition) is 1. The van der Waals surface area contributed by atoms with Crippen LogP contribution < -0.4 is 0 Å². The van der Waals surface area contributed by atoms with Gasteiger partial charge in [-0.15, -0.1) is 0 Å². The first kappa shape index (κ1) is 9.63. The zero-order valence-electron chi connectivity index (χ0n) is 2.93. The Morgan fingerprint density at radius 2 is 1.80 bits per heavy atom. The molecule has 0 aliphatic heterocycles. The van der Waals surface area contributed by atoms with Gasteiger partial charge in [-0.1, -0.05) is 0 Å². The van der Waals surface area contributed by atoms with Gasteiger partial charge < -0.3 is 4.89 Å². The van der Waals surface area contributed by atoms with Gasteiger partial charge in [0.1, 0.15) is 0 Å². The standard InChI is InChI=1S/CH5O2P.La/c1-4(2)3;/h4H,1H3,(H,2,3);. The average Bonchev–Trinajstić information content (AvgIpc) is 0.811. The molecule has 4 heteroatoms. The molecular weight excluding hydrogens is 214 g/mol. The zero-order chi connectivity index (χ0) is 3.58. The van der Waals surface area contributed by atoms with E-state index in [4.69, 9.17) is 4.89 Å². The Kier molecular flexibility index (Phi) is 10.4. The SMILES string of the molecule is C[PH](=O)O.[La]. The van der Waals surface area contributed by atoms with Crippen LogP contribution in [0.2, 0.25) is 0 Å². The van der Waals surface area contributed by atoms with Crippen molar-refractivity contribution >= 4 is 8.03 Å². The Morgan fingerprint density at radius 3 is 1.80 bits per heavy atom. The molecule has 0 aromatic heterocycles. The molecule has 0 spiro atoms. The molecule has 1 unspecified atom stereocenters. The summed E-state index contributed by atoms with van der Waals surface area (Å²) in [6.45, 7) is 1.27. The van der Waals surface area contributed by atoms with Gasteiger partial charge in [-0.2, -0.15) is 0 Å². The molecule has 0 bridgehead atoms. The predicted molar refractivity (Wildman–Crippen MR) is 17.1 cm³/mol. The van der Waals surface area contributed by atoms with Crippen LogP contribution in [0.25, 0.3) is 0 Å². The zero-order valence-corrected chi connectivity index (χ0v) is 7.56. The smallest absolute Gasteiger partial charge is 0.186 e. The predicted octanol–water partition coefficient (Wildman–Crippen LogP) is 0.0832. The molecule has 0 aliphatic carbocycles. The molecule has 1 N–H and O–H groups in total. The fourth-order valence-corrected chi connectivity index (χ4v) is 0. The molecule has 0 aromatic rings.